The van der Waals surface area contributed by atoms with Crippen LogP contribution in [0, 0.1) is 0 Å². The van der Waals surface area contributed by atoms with E-state index in [0.717, 1.165) is 15.1 Å². The molecule has 0 bridgehead atoms. The number of thioether (sulfide) groups is 1. The number of rotatable bonds is 4. The number of amides is 2. The molecule has 2 amide bonds. The average Bonchev–Trinajstić information content (AvgIpc) is 3.01. The van der Waals surface area contributed by atoms with Gasteiger partial charge in [0, 0.05) is 10.6 Å². The average molecular weight is 379 g/mol. The first kappa shape index (κ1) is 15.7. The molecule has 110 valence electrons. The number of hydrogen-bond acceptors (Lipinski definition) is 4. The SMILES string of the molecule is CCC1SCC(C(=O)O)N1C(=O)NCc1ccc(Br)s1. The molecule has 2 rings (SSSR count). The molecular weight excluding hydrogens is 364 g/mol. The van der Waals surface area contributed by atoms with Crippen molar-refractivity contribution in [3.63, 3.8) is 0 Å². The Hall–Kier alpha value is -0.730. The number of carboxylic acid groups (broad SMARTS) is 1. The molecule has 1 saturated heterocycles. The van der Waals surface area contributed by atoms with E-state index in [-0.39, 0.29) is 11.4 Å². The van der Waals surface area contributed by atoms with Crippen molar-refractivity contribution in [1.82, 2.24) is 10.2 Å². The van der Waals surface area contributed by atoms with Crippen molar-refractivity contribution >= 4 is 51.0 Å². The van der Waals surface area contributed by atoms with Gasteiger partial charge in [-0.25, -0.2) is 9.59 Å². The predicted octanol–water partition coefficient (Wildman–Crippen LogP) is 2.96. The summed E-state index contributed by atoms with van der Waals surface area (Å²) >= 11 is 6.44. The minimum Gasteiger partial charge on any atom is -0.480 e. The number of hydrogen-bond donors (Lipinski definition) is 2. The van der Waals surface area contributed by atoms with Crippen molar-refractivity contribution in [3.8, 4) is 0 Å². The molecule has 20 heavy (non-hydrogen) atoms. The number of halogens is 1. The first-order valence-electron chi connectivity index (χ1n) is 6.17. The number of nitrogens with one attached hydrogen (secondary N) is 1. The second-order valence-electron chi connectivity index (χ2n) is 4.32. The molecule has 8 heteroatoms. The van der Waals surface area contributed by atoms with Gasteiger partial charge in [-0.15, -0.1) is 23.1 Å². The quantitative estimate of drug-likeness (QED) is 0.844. The molecule has 0 spiro atoms. The van der Waals surface area contributed by atoms with Gasteiger partial charge in [-0.05, 0) is 34.5 Å². The van der Waals surface area contributed by atoms with Crippen LogP contribution in [-0.2, 0) is 11.3 Å². The Kier molecular flexibility index (Phi) is 5.34. The molecule has 2 atom stereocenters. The minimum absolute atomic E-state index is 0.0637. The highest BCUT2D eigenvalue weighted by molar-refractivity contribution is 9.11. The lowest BCUT2D eigenvalue weighted by Gasteiger charge is -2.26. The molecular formula is C12H15BrN2O3S2. The van der Waals surface area contributed by atoms with Gasteiger partial charge in [-0.3, -0.25) is 4.90 Å². The Morgan fingerprint density at radius 3 is 2.85 bits per heavy atom. The summed E-state index contributed by atoms with van der Waals surface area (Å²) in [5, 5.41) is 11.9. The number of aliphatic carboxylic acids is 1. The summed E-state index contributed by atoms with van der Waals surface area (Å²) in [4.78, 5) is 25.9. The topological polar surface area (TPSA) is 69.6 Å². The molecule has 1 aliphatic heterocycles. The molecule has 0 aromatic carbocycles. The largest absolute Gasteiger partial charge is 0.480 e. The second-order valence-corrected chi connectivity index (χ2v) is 8.08. The highest BCUT2D eigenvalue weighted by Gasteiger charge is 2.40. The van der Waals surface area contributed by atoms with Crippen LogP contribution < -0.4 is 5.32 Å². The van der Waals surface area contributed by atoms with Crippen molar-refractivity contribution in [1.29, 1.82) is 0 Å². The zero-order valence-corrected chi connectivity index (χ0v) is 14.1. The van der Waals surface area contributed by atoms with Crippen LogP contribution in [-0.4, -0.2) is 39.2 Å². The Bertz CT molecular complexity index is 509. The van der Waals surface area contributed by atoms with E-state index in [1.165, 1.54) is 16.7 Å². The molecule has 1 aromatic rings. The lowest BCUT2D eigenvalue weighted by Crippen LogP contribution is -2.49. The fourth-order valence-corrected chi connectivity index (χ4v) is 4.81. The third kappa shape index (κ3) is 3.48. The van der Waals surface area contributed by atoms with Crippen molar-refractivity contribution < 1.29 is 14.7 Å². The first-order valence-corrected chi connectivity index (χ1v) is 8.83. The summed E-state index contributed by atoms with van der Waals surface area (Å²) in [5.74, 6) is -0.492. The highest BCUT2D eigenvalue weighted by atomic mass is 79.9. The maximum Gasteiger partial charge on any atom is 0.327 e. The zero-order valence-electron chi connectivity index (χ0n) is 10.8. The molecule has 2 heterocycles. The van der Waals surface area contributed by atoms with Crippen LogP contribution in [0.1, 0.15) is 18.2 Å². The van der Waals surface area contributed by atoms with E-state index in [1.54, 1.807) is 11.3 Å². The Labute approximate surface area is 133 Å². The van der Waals surface area contributed by atoms with E-state index in [1.807, 2.05) is 19.1 Å². The van der Waals surface area contributed by atoms with Gasteiger partial charge in [-0.2, -0.15) is 0 Å². The number of carbonyl (C=O) groups is 2. The summed E-state index contributed by atoms with van der Waals surface area (Å²) in [6.45, 7) is 2.37. The van der Waals surface area contributed by atoms with Gasteiger partial charge < -0.3 is 10.4 Å². The van der Waals surface area contributed by atoms with Crippen LogP contribution in [0.4, 0.5) is 4.79 Å². The second kappa shape index (κ2) is 6.82. The fraction of sp³-hybridized carbons (Fsp3) is 0.500. The Morgan fingerprint density at radius 1 is 1.55 bits per heavy atom. The van der Waals surface area contributed by atoms with Crippen molar-refractivity contribution in [2.45, 2.75) is 31.3 Å². The van der Waals surface area contributed by atoms with E-state index in [9.17, 15) is 14.7 Å². The smallest absolute Gasteiger partial charge is 0.327 e. The van der Waals surface area contributed by atoms with E-state index in [0.29, 0.717) is 12.3 Å². The molecule has 1 fully saturated rings. The molecule has 1 aliphatic rings. The summed E-state index contributed by atoms with van der Waals surface area (Å²) in [5.41, 5.74) is 0. The molecule has 1 aromatic heterocycles. The molecule has 0 radical (unpaired) electrons. The van der Waals surface area contributed by atoms with Gasteiger partial charge in [-0.1, -0.05) is 6.92 Å². The summed E-state index contributed by atoms with van der Waals surface area (Å²) in [6.07, 6.45) is 0.742. The van der Waals surface area contributed by atoms with Crippen LogP contribution in [0.2, 0.25) is 0 Å². The van der Waals surface area contributed by atoms with Gasteiger partial charge in [0.05, 0.1) is 15.7 Å². The molecule has 0 saturated carbocycles. The van der Waals surface area contributed by atoms with Crippen LogP contribution in [0.15, 0.2) is 15.9 Å². The molecule has 2 unspecified atom stereocenters. The standard InChI is InChI=1S/C12H15BrN2O3S2/c1-2-10-15(8(6-19-10)11(16)17)12(18)14-5-7-3-4-9(13)20-7/h3-4,8,10H,2,5-6H2,1H3,(H,14,18)(H,16,17). The van der Waals surface area contributed by atoms with Crippen molar-refractivity contribution in [2.75, 3.05) is 5.75 Å². The van der Waals surface area contributed by atoms with Crippen LogP contribution >= 0.6 is 39.0 Å². The highest BCUT2D eigenvalue weighted by Crippen LogP contribution is 2.31. The van der Waals surface area contributed by atoms with Gasteiger partial charge in [0.25, 0.3) is 0 Å². The Morgan fingerprint density at radius 2 is 2.30 bits per heavy atom. The van der Waals surface area contributed by atoms with Gasteiger partial charge >= 0.3 is 12.0 Å². The van der Waals surface area contributed by atoms with E-state index < -0.39 is 12.0 Å². The Balaban J connectivity index is 2.00. The first-order chi connectivity index (χ1) is 9.52. The minimum atomic E-state index is -0.942. The van der Waals surface area contributed by atoms with E-state index in [4.69, 9.17) is 0 Å². The maximum absolute atomic E-state index is 12.2. The van der Waals surface area contributed by atoms with Gasteiger partial charge in [0.1, 0.15) is 6.04 Å². The third-order valence-corrected chi connectivity index (χ3v) is 6.08. The summed E-state index contributed by atoms with van der Waals surface area (Å²) < 4.78 is 1.01. The normalized spacial score (nSPS) is 22.0. The van der Waals surface area contributed by atoms with Crippen molar-refractivity contribution in [2.24, 2.45) is 0 Å². The molecule has 2 N–H and O–H groups in total. The number of thiophene rings is 1. The maximum atomic E-state index is 12.2. The number of carboxylic acids is 1. The fourth-order valence-electron chi connectivity index (χ4n) is 2.04. The van der Waals surface area contributed by atoms with Crippen LogP contribution in [0.3, 0.4) is 0 Å². The number of carbonyl (C=O) groups excluding carboxylic acids is 1. The number of urea groups is 1. The van der Waals surface area contributed by atoms with E-state index in [2.05, 4.69) is 21.2 Å². The third-order valence-electron chi connectivity index (χ3n) is 3.00. The van der Waals surface area contributed by atoms with Crippen LogP contribution in [0.5, 0.6) is 0 Å². The zero-order chi connectivity index (χ0) is 14.7. The summed E-state index contributed by atoms with van der Waals surface area (Å²) in [7, 11) is 0. The number of nitrogens with zero attached hydrogens (tertiary/aromatic N) is 1. The van der Waals surface area contributed by atoms with Gasteiger partial charge in [0.2, 0.25) is 0 Å². The van der Waals surface area contributed by atoms with E-state index >= 15 is 0 Å². The molecule has 5 nitrogen and oxygen atoms in total. The monoisotopic (exact) mass is 378 g/mol. The summed E-state index contributed by atoms with van der Waals surface area (Å²) in [6, 6.07) is 2.81. The van der Waals surface area contributed by atoms with Crippen molar-refractivity contribution in [3.05, 3.63) is 20.8 Å². The van der Waals surface area contributed by atoms with Crippen LogP contribution in [0.25, 0.3) is 0 Å². The predicted molar refractivity (Wildman–Crippen MR) is 84.1 cm³/mol. The van der Waals surface area contributed by atoms with Gasteiger partial charge in [0.15, 0.2) is 0 Å². The lowest BCUT2D eigenvalue weighted by atomic mass is 10.3. The lowest BCUT2D eigenvalue weighted by molar-refractivity contribution is -0.141. The molecule has 0 aliphatic carbocycles.